The van der Waals surface area contributed by atoms with E-state index in [0.717, 1.165) is 53.6 Å². The summed E-state index contributed by atoms with van der Waals surface area (Å²) in [7, 11) is 1.29. The minimum absolute atomic E-state index is 0. The van der Waals surface area contributed by atoms with E-state index in [1.807, 2.05) is 38.2 Å². The van der Waals surface area contributed by atoms with E-state index >= 15 is 0 Å². The van der Waals surface area contributed by atoms with Crippen LogP contribution in [-0.2, 0) is 19.1 Å². The van der Waals surface area contributed by atoms with Crippen LogP contribution in [0.15, 0.2) is 34.3 Å². The van der Waals surface area contributed by atoms with Crippen LogP contribution < -0.4 is 20.7 Å². The number of ether oxygens (including phenoxy) is 2. The fraction of sp³-hybridized carbons (Fsp3) is 0.600. The Morgan fingerprint density at radius 1 is 0.864 bits per heavy atom. The molecule has 1 unspecified atom stereocenters. The number of hydrogen-bond acceptors (Lipinski definition) is 6. The average molecular weight is 912 g/mol. The van der Waals surface area contributed by atoms with Crippen LogP contribution in [0.5, 0.6) is 0 Å². The van der Waals surface area contributed by atoms with E-state index in [4.69, 9.17) is 30.1 Å². The molecular weight excluding hydrogens is 837 g/mol. The van der Waals surface area contributed by atoms with Gasteiger partial charge in [-0.05, 0) is 102 Å². The molecule has 2 aromatic heterocycles. The predicted octanol–water partition coefficient (Wildman–Crippen LogP) is 10.8. The summed E-state index contributed by atoms with van der Waals surface area (Å²) in [5.41, 5.74) is 8.26. The van der Waals surface area contributed by atoms with E-state index in [1.165, 1.54) is 57.6 Å². The molecular formula is C55H74MgN4O6-2. The predicted molar refractivity (Wildman–Crippen MR) is 266 cm³/mol. The number of esters is 2. The molecule has 0 spiro atoms. The standard InChI is InChI=1S/C55H75N4O6.Mg/c1-13-39-34(7)41-29-46-48(38(11)60)36(9)43(57-46)27-42-35(8)40(52(58-42)50-51(55(63)64-12)54(62)49-37(10)44(59-53(49)50)28-45(39)56-41)23-24-47(61)65-26-25-33(6)22-16-21-32(5)20-15-19-31(4)18-14-17-30(2)3;/h25,27-32,35,39-40,42,51H,13-24,26H2,1-12H3,(H-,58,59,62);/q-3;+2/p-1/b33-25+,43-27-,45-28-,46-29-;/t31-,32-,35+,39-,40+,42?,51-;/m1./s1. The molecule has 6 rings (SSSR count). The Bertz CT molecular complexity index is 2390. The monoisotopic (exact) mass is 911 g/mol. The zero-order valence-corrected chi connectivity index (χ0v) is 43.5. The first kappa shape index (κ1) is 52.9. The van der Waals surface area contributed by atoms with Gasteiger partial charge in [-0.2, -0.15) is 11.4 Å². The van der Waals surface area contributed by atoms with Crippen LogP contribution in [0.3, 0.4) is 0 Å². The molecule has 0 aromatic carbocycles. The van der Waals surface area contributed by atoms with E-state index in [-0.39, 0.29) is 71.4 Å². The van der Waals surface area contributed by atoms with E-state index < -0.39 is 17.9 Å². The summed E-state index contributed by atoms with van der Waals surface area (Å²) in [5.74, 6) is -0.863. The average Bonchev–Trinajstić information content (AvgIpc) is 4.00. The maximum atomic E-state index is 14.4. The van der Waals surface area contributed by atoms with E-state index in [0.29, 0.717) is 62.4 Å². The van der Waals surface area contributed by atoms with Crippen molar-refractivity contribution in [2.24, 2.45) is 41.4 Å². The van der Waals surface area contributed by atoms with Crippen LogP contribution in [-0.4, -0.2) is 66.3 Å². The summed E-state index contributed by atoms with van der Waals surface area (Å²) in [5, 5.41) is 11.5. The summed E-state index contributed by atoms with van der Waals surface area (Å²) in [6.07, 6.45) is 20.4. The van der Waals surface area contributed by atoms with Gasteiger partial charge in [0.15, 0.2) is 11.6 Å². The van der Waals surface area contributed by atoms with Gasteiger partial charge in [0, 0.05) is 17.5 Å². The normalized spacial score (nSPS) is 24.9. The summed E-state index contributed by atoms with van der Waals surface area (Å²) in [4.78, 5) is 64.7. The summed E-state index contributed by atoms with van der Waals surface area (Å²) in [6, 6.07) is -0.440. The van der Waals surface area contributed by atoms with Crippen LogP contribution >= 0.6 is 0 Å². The second kappa shape index (κ2) is 23.3. The molecule has 2 aromatic rings. The van der Waals surface area contributed by atoms with Crippen molar-refractivity contribution in [3.63, 3.8) is 0 Å². The first-order valence-corrected chi connectivity index (χ1v) is 24.5. The van der Waals surface area contributed by atoms with E-state index in [1.54, 1.807) is 6.92 Å². The van der Waals surface area contributed by atoms with Crippen molar-refractivity contribution < 1.29 is 28.7 Å². The number of fused-ring (bicyclic) bond motifs is 7. The van der Waals surface area contributed by atoms with Gasteiger partial charge in [-0.15, -0.1) is 33.9 Å². The van der Waals surface area contributed by atoms with Crippen LogP contribution in [0.25, 0.3) is 34.4 Å². The van der Waals surface area contributed by atoms with Gasteiger partial charge in [0.2, 0.25) is 0 Å². The topological polar surface area (TPSA) is 143 Å². The molecule has 10 nitrogen and oxygen atoms in total. The van der Waals surface area contributed by atoms with Crippen molar-refractivity contribution in [2.45, 2.75) is 159 Å². The second-order valence-electron chi connectivity index (χ2n) is 20.1. The summed E-state index contributed by atoms with van der Waals surface area (Å²) < 4.78 is 11.0. The van der Waals surface area contributed by atoms with E-state index in [9.17, 15) is 19.2 Å². The number of methoxy groups -OCH3 is 1. The zero-order chi connectivity index (χ0) is 47.3. The van der Waals surface area contributed by atoms with Gasteiger partial charge in [0.05, 0.1) is 7.11 Å². The fourth-order valence-corrected chi connectivity index (χ4v) is 10.6. The van der Waals surface area contributed by atoms with Gasteiger partial charge in [-0.25, -0.2) is 0 Å². The smallest absolute Gasteiger partial charge is 0.681 e. The molecule has 0 N–H and O–H groups in total. The summed E-state index contributed by atoms with van der Waals surface area (Å²) >= 11 is 0. The Labute approximate surface area is 410 Å². The Hall–Kier alpha value is -4.09. The van der Waals surface area contributed by atoms with Crippen LogP contribution in [0, 0.1) is 55.3 Å². The molecule has 0 amide bonds. The van der Waals surface area contributed by atoms with Gasteiger partial charge in [0.1, 0.15) is 12.5 Å². The molecule has 1 fully saturated rings. The number of Topliss-reactive ketones (excluding diaryl/α,β-unsaturated/α-hetero) is 2. The molecule has 7 atom stereocenters. The second-order valence-corrected chi connectivity index (χ2v) is 20.1. The third kappa shape index (κ3) is 11.8. The number of allylic oxidation sites excluding steroid dienone is 4. The summed E-state index contributed by atoms with van der Waals surface area (Å²) in [6.45, 7) is 23.3. The van der Waals surface area contributed by atoms with Gasteiger partial charge >= 0.3 is 35.0 Å². The Balaban J connectivity index is 0.00000817. The minimum Gasteiger partial charge on any atom is -0.681 e. The molecule has 5 heterocycles. The van der Waals surface area contributed by atoms with Crippen LogP contribution in [0.4, 0.5) is 0 Å². The molecule has 354 valence electrons. The van der Waals surface area contributed by atoms with Crippen molar-refractivity contribution in [3.05, 3.63) is 89.3 Å². The van der Waals surface area contributed by atoms with E-state index in [2.05, 4.69) is 55.4 Å². The van der Waals surface area contributed by atoms with Crippen molar-refractivity contribution in [3.8, 4) is 0 Å². The maximum Gasteiger partial charge on any atom is 2.00 e. The number of carbonyl (C=O) groups excluding carboxylic acids is 4. The van der Waals surface area contributed by atoms with Gasteiger partial charge in [-0.1, -0.05) is 133 Å². The number of ketones is 2. The molecule has 11 heteroatoms. The Kier molecular flexibility index (Phi) is 18.6. The SMILES string of the molecule is CC[C@@H]1C(C)=C2/C=c3\[n-]/c(c(C)c3C(C)=O)=C\C3[N-]/C(=C4\c5[n-]c(c(C)c5C(=O)[C@@H]4C(=O)OC)/C=C/1[N-]2)[C@@H](CCC(=O)OC/C=C(\C)CCC[C@H](C)CCC[C@H](C)CCCC(C)C)[C@@H]3C.[Mg+2]. The van der Waals surface area contributed by atoms with Crippen molar-refractivity contribution in [1.29, 1.82) is 0 Å². The van der Waals surface area contributed by atoms with Gasteiger partial charge < -0.3 is 30.1 Å². The number of nitrogens with zero attached hydrogens (tertiary/aromatic N) is 4. The molecule has 3 aliphatic heterocycles. The van der Waals surface area contributed by atoms with Crippen LogP contribution in [0.1, 0.15) is 183 Å². The number of rotatable bonds is 20. The van der Waals surface area contributed by atoms with Crippen molar-refractivity contribution in [2.75, 3.05) is 13.7 Å². The maximum absolute atomic E-state index is 14.4. The zero-order valence-electron chi connectivity index (χ0n) is 42.1. The first-order valence-electron chi connectivity index (χ1n) is 24.5. The third-order valence-electron chi connectivity index (χ3n) is 14.7. The Morgan fingerprint density at radius 3 is 2.17 bits per heavy atom. The Morgan fingerprint density at radius 2 is 1.53 bits per heavy atom. The van der Waals surface area contributed by atoms with Gasteiger partial charge in [-0.3, -0.25) is 19.2 Å². The number of hydrogen-bond donors (Lipinski definition) is 0. The molecule has 1 aliphatic carbocycles. The molecule has 8 bridgehead atoms. The third-order valence-corrected chi connectivity index (χ3v) is 14.7. The van der Waals surface area contributed by atoms with Gasteiger partial charge in [0.25, 0.3) is 0 Å². The molecule has 1 saturated heterocycles. The molecule has 0 radical (unpaired) electrons. The minimum atomic E-state index is -1.24. The largest absolute Gasteiger partial charge is 2.00 e. The van der Waals surface area contributed by atoms with Crippen LogP contribution in [0.2, 0.25) is 0 Å². The number of aromatic nitrogens is 2. The van der Waals surface area contributed by atoms with Crippen molar-refractivity contribution >= 4 is 70.4 Å². The molecule has 4 aliphatic rings. The van der Waals surface area contributed by atoms with Crippen molar-refractivity contribution in [1.82, 2.24) is 9.97 Å². The molecule has 0 saturated carbocycles. The fourth-order valence-electron chi connectivity index (χ4n) is 10.6. The molecule has 66 heavy (non-hydrogen) atoms. The first-order chi connectivity index (χ1) is 30.9. The number of carbonyl (C=O) groups is 4. The quantitative estimate of drug-likeness (QED) is 0.0420.